The summed E-state index contributed by atoms with van der Waals surface area (Å²) >= 11 is 0. The summed E-state index contributed by atoms with van der Waals surface area (Å²) in [5, 5.41) is 24.0. The maximum atomic E-state index is 5.15. The van der Waals surface area contributed by atoms with Gasteiger partial charge in [0.2, 0.25) is 0 Å². The highest BCUT2D eigenvalue weighted by Crippen LogP contribution is 2.49. The Morgan fingerprint density at radius 2 is 0.468 bits per heavy atom. The quantitative estimate of drug-likeness (QED) is 0.135. The van der Waals surface area contributed by atoms with Crippen LogP contribution in [0, 0.1) is 0 Å². The molecule has 0 saturated heterocycles. The van der Waals surface area contributed by atoms with Crippen molar-refractivity contribution in [2.45, 2.75) is 0 Å². The summed E-state index contributed by atoms with van der Waals surface area (Å²) in [5.74, 6) is 3.83. The second-order valence-electron chi connectivity index (χ2n) is 31.9. The van der Waals surface area contributed by atoms with Crippen LogP contribution in [0.5, 0.6) is 0 Å². The Morgan fingerprint density at radius 3 is 0.944 bits per heavy atom. The number of rotatable bonds is 10. The number of hydrogen-bond acceptors (Lipinski definition) is 6. The Kier molecular flexibility index (Phi) is 16.1. The first-order valence-electron chi connectivity index (χ1n) is 42.1. The second kappa shape index (κ2) is 28.5. The number of nitrogens with zero attached hydrogens (tertiary/aromatic N) is 10. The molecule has 10 heteroatoms. The van der Waals surface area contributed by atoms with Gasteiger partial charge in [0.05, 0.1) is 66.9 Å². The van der Waals surface area contributed by atoms with Crippen molar-refractivity contribution in [2.24, 2.45) is 0 Å². The van der Waals surface area contributed by atoms with Crippen molar-refractivity contribution < 1.29 is 0 Å². The van der Waals surface area contributed by atoms with Gasteiger partial charge in [0, 0.05) is 92.6 Å². The number of aromatic nitrogens is 10. The average Bonchev–Trinajstić information content (AvgIpc) is 1.54. The monoisotopic (exact) mass is 1580 g/mol. The van der Waals surface area contributed by atoms with Crippen molar-refractivity contribution in [3.63, 3.8) is 0 Å². The Hall–Kier alpha value is -16.8. The summed E-state index contributed by atoms with van der Waals surface area (Å²) in [6.07, 6.45) is 0. The maximum absolute atomic E-state index is 5.15. The lowest BCUT2D eigenvalue weighted by Crippen LogP contribution is -2.02. The third kappa shape index (κ3) is 11.1. The van der Waals surface area contributed by atoms with E-state index in [-0.39, 0.29) is 0 Å². The van der Waals surface area contributed by atoms with Gasteiger partial charge in [-0.1, -0.05) is 340 Å². The fourth-order valence-corrected chi connectivity index (χ4v) is 19.6. The Balaban J connectivity index is 0.000000136. The van der Waals surface area contributed by atoms with E-state index in [2.05, 4.69) is 370 Å². The number of para-hydroxylation sites is 3. The normalized spacial score (nSPS) is 11.9. The lowest BCUT2D eigenvalue weighted by Gasteiger charge is -2.17. The molecule has 0 N–H and O–H groups in total. The van der Waals surface area contributed by atoms with Crippen LogP contribution in [0.4, 0.5) is 0 Å². The van der Waals surface area contributed by atoms with E-state index in [4.69, 9.17) is 29.9 Å². The third-order valence-electron chi connectivity index (χ3n) is 25.0. The molecule has 0 amide bonds. The summed E-state index contributed by atoms with van der Waals surface area (Å²) in [7, 11) is 0. The fourth-order valence-electron chi connectivity index (χ4n) is 19.6. The van der Waals surface area contributed by atoms with Crippen LogP contribution < -0.4 is 0 Å². The molecule has 26 rings (SSSR count). The van der Waals surface area contributed by atoms with E-state index in [1.54, 1.807) is 0 Å². The van der Waals surface area contributed by atoms with Crippen LogP contribution in [0.15, 0.2) is 425 Å². The van der Waals surface area contributed by atoms with Crippen molar-refractivity contribution in [1.29, 1.82) is 0 Å². The van der Waals surface area contributed by atoms with Crippen LogP contribution in [0.1, 0.15) is 0 Å². The molecular formula is C114H70N10. The summed E-state index contributed by atoms with van der Waals surface area (Å²) in [6.45, 7) is 0. The second-order valence-corrected chi connectivity index (χ2v) is 31.9. The molecule has 0 aliphatic heterocycles. The van der Waals surface area contributed by atoms with Gasteiger partial charge in [-0.3, -0.25) is 0 Å². The first-order chi connectivity index (χ1) is 61.5. The lowest BCUT2D eigenvalue weighted by molar-refractivity contribution is 1.07. The minimum absolute atomic E-state index is 0.634. The topological polar surface area (TPSA) is 97.1 Å². The zero-order chi connectivity index (χ0) is 81.5. The summed E-state index contributed by atoms with van der Waals surface area (Å²) in [4.78, 5) is 30.6. The largest absolute Gasteiger partial charge is 0.309 e. The number of hydrogen-bond donors (Lipinski definition) is 0. The van der Waals surface area contributed by atoms with Crippen molar-refractivity contribution in [1.82, 2.24) is 48.2 Å². The molecule has 20 aromatic carbocycles. The first-order valence-corrected chi connectivity index (χ1v) is 42.1. The van der Waals surface area contributed by atoms with E-state index in [1.807, 2.05) is 72.8 Å². The molecule has 576 valence electrons. The summed E-state index contributed by atoms with van der Waals surface area (Å²) < 4.78 is 9.94. The van der Waals surface area contributed by atoms with Gasteiger partial charge in [0.25, 0.3) is 0 Å². The minimum Gasteiger partial charge on any atom is -0.309 e. The van der Waals surface area contributed by atoms with Crippen molar-refractivity contribution in [3.8, 4) is 91.1 Å². The Bertz CT molecular complexity index is 8550. The van der Waals surface area contributed by atoms with E-state index < -0.39 is 0 Å². The van der Waals surface area contributed by atoms with Crippen LogP contribution in [-0.4, -0.2) is 48.2 Å². The highest BCUT2D eigenvalue weighted by atomic mass is 15.1. The van der Waals surface area contributed by atoms with Gasteiger partial charge in [0.1, 0.15) is 0 Å². The number of benzene rings is 20. The highest BCUT2D eigenvalue weighted by Gasteiger charge is 2.28. The average molecular weight is 1580 g/mol. The van der Waals surface area contributed by atoms with Crippen LogP contribution in [0.25, 0.3) is 243 Å². The number of fused-ring (bicyclic) bond motifs is 20. The fraction of sp³-hybridized carbons (Fsp3) is 0. The Labute approximate surface area is 711 Å². The molecule has 6 aromatic heterocycles. The predicted octanol–water partition coefficient (Wildman–Crippen LogP) is 29.1. The van der Waals surface area contributed by atoms with Gasteiger partial charge in [-0.25, -0.2) is 29.9 Å². The first kappa shape index (κ1) is 70.2. The van der Waals surface area contributed by atoms with E-state index in [0.717, 1.165) is 94.1 Å². The molecule has 0 radical (unpaired) electrons. The van der Waals surface area contributed by atoms with Gasteiger partial charge in [-0.15, -0.1) is 0 Å². The van der Waals surface area contributed by atoms with Crippen LogP contribution in [0.2, 0.25) is 0 Å². The zero-order valence-electron chi connectivity index (χ0n) is 66.9. The van der Waals surface area contributed by atoms with Gasteiger partial charge < -0.3 is 18.3 Å². The molecule has 0 aliphatic rings. The smallest absolute Gasteiger partial charge is 0.164 e. The lowest BCUT2D eigenvalue weighted by atomic mass is 10.0. The molecule has 0 unspecified atom stereocenters. The molecule has 26 aromatic rings. The summed E-state index contributed by atoms with van der Waals surface area (Å²) in [5.41, 5.74) is 19.5. The van der Waals surface area contributed by atoms with Crippen molar-refractivity contribution >= 4 is 152 Å². The van der Waals surface area contributed by atoms with E-state index >= 15 is 0 Å². The molecule has 0 fully saturated rings. The van der Waals surface area contributed by atoms with E-state index in [0.29, 0.717) is 34.9 Å². The standard InChI is InChI=1S/2C57H35N5/c1-3-18-37(19-4-1)55-58-56(38-20-5-2-6-21-38)60-57(59-55)44-32-34-49(43-26-12-11-25-42(43)44)61-47-29-15-14-28-46(47)53-51(61)35-39-22-8-10-24-41(39)54(53)62-48-30-16-13-27-45(48)52-40-23-9-7-17-36(40)31-33-50(52)62;1-3-17-37(18-4-1)55-58-56(38-19-5-2-6-20-38)60-57(59-55)44-31-33-48(43-25-12-11-24-42(43)44)62-50-29-15-28-49(54(50)46-34-39-21-7-8-22-40(39)35-52(46)62)61-47-27-14-13-26-45(47)53-41-23-10-9-16-36(41)30-32-51(53)61/h2*1-35H. The SMILES string of the molecule is c1ccc(-c2nc(-c3ccccc3)nc(-c3ccc(-n4c5cc6ccccc6cc5c5c(-n6c7ccccc7c7c8ccccc8ccc76)cccc54)c4ccccc34)n2)cc1.c1ccc(-c2nc(-c3ccccc3)nc(-c3ccc(-n4c5ccccc5c5c(-n6c7ccccc7c7c8ccccc8ccc76)c6ccccc6cc54)c4ccccc34)n2)cc1. The van der Waals surface area contributed by atoms with Crippen LogP contribution >= 0.6 is 0 Å². The third-order valence-corrected chi connectivity index (χ3v) is 25.0. The van der Waals surface area contributed by atoms with Gasteiger partial charge in [-0.2, -0.15) is 0 Å². The predicted molar refractivity (Wildman–Crippen MR) is 515 cm³/mol. The summed E-state index contributed by atoms with van der Waals surface area (Å²) in [6, 6.07) is 152. The molecule has 6 heterocycles. The molecule has 0 bridgehead atoms. The van der Waals surface area contributed by atoms with E-state index in [9.17, 15) is 0 Å². The van der Waals surface area contributed by atoms with Gasteiger partial charge >= 0.3 is 0 Å². The maximum Gasteiger partial charge on any atom is 0.164 e. The molecule has 0 aliphatic carbocycles. The molecule has 0 atom stereocenters. The van der Waals surface area contributed by atoms with Crippen LogP contribution in [-0.2, 0) is 0 Å². The van der Waals surface area contributed by atoms with E-state index in [1.165, 1.54) is 114 Å². The molecular weight excluding hydrogens is 1510 g/mol. The van der Waals surface area contributed by atoms with Crippen LogP contribution in [0.3, 0.4) is 0 Å². The highest BCUT2D eigenvalue weighted by molar-refractivity contribution is 6.27. The van der Waals surface area contributed by atoms with Gasteiger partial charge in [-0.05, 0) is 133 Å². The Morgan fingerprint density at radius 1 is 0.145 bits per heavy atom. The molecule has 0 saturated carbocycles. The van der Waals surface area contributed by atoms with Crippen molar-refractivity contribution in [2.75, 3.05) is 0 Å². The van der Waals surface area contributed by atoms with Gasteiger partial charge in [0.15, 0.2) is 34.9 Å². The minimum atomic E-state index is 0.634. The molecule has 124 heavy (non-hydrogen) atoms. The van der Waals surface area contributed by atoms with Crippen molar-refractivity contribution in [3.05, 3.63) is 425 Å². The zero-order valence-corrected chi connectivity index (χ0v) is 66.9. The molecule has 0 spiro atoms. The molecule has 10 nitrogen and oxygen atoms in total.